The topological polar surface area (TPSA) is 65.2 Å². The Morgan fingerprint density at radius 2 is 2.43 bits per heavy atom. The highest BCUT2D eigenvalue weighted by atomic mass is 19.1. The first-order valence-corrected chi connectivity index (χ1v) is 4.07. The number of pyridine rings is 1. The Hall–Kier alpha value is -1.49. The molecule has 14 heavy (non-hydrogen) atoms. The summed E-state index contributed by atoms with van der Waals surface area (Å²) in [6, 6.07) is 2.19. The second-order valence-corrected chi connectivity index (χ2v) is 2.80. The molecule has 1 rings (SSSR count). The summed E-state index contributed by atoms with van der Waals surface area (Å²) < 4.78 is 16.9. The van der Waals surface area contributed by atoms with Gasteiger partial charge in [0.15, 0.2) is 0 Å². The van der Waals surface area contributed by atoms with Crippen molar-refractivity contribution < 1.29 is 13.9 Å². The van der Waals surface area contributed by atoms with Gasteiger partial charge in [-0.1, -0.05) is 6.07 Å². The molecule has 0 radical (unpaired) electrons. The molecule has 1 atom stereocenters. The minimum atomic E-state index is -0.570. The third-order valence-corrected chi connectivity index (χ3v) is 1.79. The number of halogens is 1. The Morgan fingerprint density at radius 1 is 1.71 bits per heavy atom. The molecule has 0 spiro atoms. The molecule has 0 unspecified atom stereocenters. The molecular formula is C9H11FN2O2. The van der Waals surface area contributed by atoms with Crippen molar-refractivity contribution in [3.8, 4) is 0 Å². The van der Waals surface area contributed by atoms with Crippen molar-refractivity contribution in [1.29, 1.82) is 0 Å². The largest absolute Gasteiger partial charge is 0.469 e. The number of rotatable bonds is 3. The fraction of sp³-hybridized carbons (Fsp3) is 0.333. The zero-order chi connectivity index (χ0) is 10.6. The highest BCUT2D eigenvalue weighted by Gasteiger charge is 2.11. The maximum Gasteiger partial charge on any atom is 0.307 e. The molecule has 0 aromatic carbocycles. The number of aromatic nitrogens is 1. The van der Waals surface area contributed by atoms with Gasteiger partial charge >= 0.3 is 5.97 Å². The Bertz CT molecular complexity index is 313. The van der Waals surface area contributed by atoms with E-state index < -0.39 is 18.0 Å². The molecule has 4 nitrogen and oxygen atoms in total. The van der Waals surface area contributed by atoms with Crippen molar-refractivity contribution in [3.05, 3.63) is 29.8 Å². The average molecular weight is 198 g/mol. The quantitative estimate of drug-likeness (QED) is 0.576. The van der Waals surface area contributed by atoms with E-state index in [-0.39, 0.29) is 6.42 Å². The smallest absolute Gasteiger partial charge is 0.307 e. The molecule has 0 saturated heterocycles. The number of methoxy groups -OCH3 is 1. The van der Waals surface area contributed by atoms with Crippen molar-refractivity contribution in [2.45, 2.75) is 12.5 Å². The van der Waals surface area contributed by atoms with E-state index in [9.17, 15) is 9.18 Å². The van der Waals surface area contributed by atoms with E-state index in [0.717, 1.165) is 0 Å². The summed E-state index contributed by atoms with van der Waals surface area (Å²) in [5.41, 5.74) is 6.27. The summed E-state index contributed by atoms with van der Waals surface area (Å²) in [5, 5.41) is 0. The molecule has 0 amide bonds. The third-order valence-electron chi connectivity index (χ3n) is 1.79. The van der Waals surface area contributed by atoms with Crippen LogP contribution in [0.1, 0.15) is 18.0 Å². The Balaban J connectivity index is 2.65. The standard InChI is InChI=1S/C9H11FN2O2/c1-14-9(13)4-7(11)6-2-3-8(10)12-5-6/h2-3,5,7H,4,11H2,1H3/t7-/m0/s1. The van der Waals surface area contributed by atoms with Gasteiger partial charge in [-0.15, -0.1) is 0 Å². The Morgan fingerprint density at radius 3 is 2.93 bits per heavy atom. The molecule has 0 aliphatic carbocycles. The summed E-state index contributed by atoms with van der Waals surface area (Å²) in [6.45, 7) is 0. The molecular weight excluding hydrogens is 187 g/mol. The van der Waals surface area contributed by atoms with Crippen molar-refractivity contribution in [3.63, 3.8) is 0 Å². The SMILES string of the molecule is COC(=O)C[C@H](N)c1ccc(F)nc1. The lowest BCUT2D eigenvalue weighted by Gasteiger charge is -2.09. The molecule has 0 fully saturated rings. The lowest BCUT2D eigenvalue weighted by molar-refractivity contribution is -0.141. The molecule has 5 heteroatoms. The third kappa shape index (κ3) is 2.77. The van der Waals surface area contributed by atoms with Crippen LogP contribution in [0, 0.1) is 5.95 Å². The first-order chi connectivity index (χ1) is 6.63. The first kappa shape index (κ1) is 10.6. The number of hydrogen-bond donors (Lipinski definition) is 1. The molecule has 0 aliphatic rings. The maximum absolute atomic E-state index is 12.4. The van der Waals surface area contributed by atoms with E-state index in [1.807, 2.05) is 0 Å². The number of ether oxygens (including phenoxy) is 1. The minimum absolute atomic E-state index is 0.0593. The summed E-state index contributed by atoms with van der Waals surface area (Å²) in [6.07, 6.45) is 1.37. The van der Waals surface area contributed by atoms with Crippen LogP contribution in [-0.2, 0) is 9.53 Å². The van der Waals surface area contributed by atoms with Gasteiger partial charge < -0.3 is 10.5 Å². The van der Waals surface area contributed by atoms with Gasteiger partial charge in [0.1, 0.15) is 0 Å². The second-order valence-electron chi connectivity index (χ2n) is 2.80. The molecule has 0 bridgehead atoms. The van der Waals surface area contributed by atoms with Crippen LogP contribution in [-0.4, -0.2) is 18.1 Å². The number of carbonyl (C=O) groups excluding carboxylic acids is 1. The van der Waals surface area contributed by atoms with Crippen LogP contribution in [0.2, 0.25) is 0 Å². The van der Waals surface area contributed by atoms with Gasteiger partial charge in [-0.05, 0) is 11.6 Å². The van der Waals surface area contributed by atoms with Gasteiger partial charge in [-0.2, -0.15) is 4.39 Å². The number of carbonyl (C=O) groups is 1. The fourth-order valence-corrected chi connectivity index (χ4v) is 0.987. The molecule has 1 heterocycles. The number of nitrogens with two attached hydrogens (primary N) is 1. The molecule has 0 aliphatic heterocycles. The number of esters is 1. The predicted molar refractivity (Wildman–Crippen MR) is 47.8 cm³/mol. The van der Waals surface area contributed by atoms with E-state index in [1.54, 1.807) is 0 Å². The van der Waals surface area contributed by atoms with E-state index in [1.165, 1.54) is 25.4 Å². The van der Waals surface area contributed by atoms with Crippen LogP contribution < -0.4 is 5.73 Å². The average Bonchev–Trinajstić information content (AvgIpc) is 2.18. The summed E-state index contributed by atoms with van der Waals surface area (Å²) in [5.74, 6) is -0.971. The van der Waals surface area contributed by atoms with Crippen LogP contribution in [0.15, 0.2) is 18.3 Å². The zero-order valence-electron chi connectivity index (χ0n) is 7.74. The van der Waals surface area contributed by atoms with Gasteiger partial charge in [0.25, 0.3) is 0 Å². The van der Waals surface area contributed by atoms with Crippen molar-refractivity contribution in [1.82, 2.24) is 4.98 Å². The first-order valence-electron chi connectivity index (χ1n) is 4.07. The summed E-state index contributed by atoms with van der Waals surface area (Å²) >= 11 is 0. The lowest BCUT2D eigenvalue weighted by Crippen LogP contribution is -2.16. The van der Waals surface area contributed by atoms with Gasteiger partial charge in [-0.3, -0.25) is 4.79 Å². The van der Waals surface area contributed by atoms with Crippen molar-refractivity contribution >= 4 is 5.97 Å². The molecule has 0 saturated carbocycles. The van der Waals surface area contributed by atoms with Crippen molar-refractivity contribution in [2.24, 2.45) is 5.73 Å². The van der Waals surface area contributed by atoms with Crippen molar-refractivity contribution in [2.75, 3.05) is 7.11 Å². The second kappa shape index (κ2) is 4.66. The minimum Gasteiger partial charge on any atom is -0.469 e. The van der Waals surface area contributed by atoms with Gasteiger partial charge in [-0.25, -0.2) is 4.98 Å². The Kier molecular flexibility index (Phi) is 3.53. The number of hydrogen-bond acceptors (Lipinski definition) is 4. The summed E-state index contributed by atoms with van der Waals surface area (Å²) in [7, 11) is 1.29. The highest BCUT2D eigenvalue weighted by Crippen LogP contribution is 2.13. The predicted octanol–water partition coefficient (Wildman–Crippen LogP) is 0.784. The molecule has 1 aromatic heterocycles. The van der Waals surface area contributed by atoms with Crippen LogP contribution in [0.25, 0.3) is 0 Å². The monoisotopic (exact) mass is 198 g/mol. The highest BCUT2D eigenvalue weighted by molar-refractivity contribution is 5.70. The normalized spacial score (nSPS) is 12.2. The lowest BCUT2D eigenvalue weighted by atomic mass is 10.1. The van der Waals surface area contributed by atoms with Crippen LogP contribution >= 0.6 is 0 Å². The molecule has 1 aromatic rings. The van der Waals surface area contributed by atoms with Crippen LogP contribution in [0.3, 0.4) is 0 Å². The van der Waals surface area contributed by atoms with E-state index in [4.69, 9.17) is 5.73 Å². The number of nitrogens with zero attached hydrogens (tertiary/aromatic N) is 1. The fourth-order valence-electron chi connectivity index (χ4n) is 0.987. The van der Waals surface area contributed by atoms with E-state index >= 15 is 0 Å². The maximum atomic E-state index is 12.4. The molecule has 2 N–H and O–H groups in total. The Labute approximate surface area is 80.9 Å². The van der Waals surface area contributed by atoms with E-state index in [0.29, 0.717) is 5.56 Å². The summed E-state index contributed by atoms with van der Waals surface area (Å²) in [4.78, 5) is 14.3. The van der Waals surface area contributed by atoms with Gasteiger partial charge in [0.2, 0.25) is 5.95 Å². The van der Waals surface area contributed by atoms with Crippen LogP contribution in [0.5, 0.6) is 0 Å². The van der Waals surface area contributed by atoms with E-state index in [2.05, 4.69) is 9.72 Å². The van der Waals surface area contributed by atoms with Gasteiger partial charge in [0, 0.05) is 12.2 Å². The van der Waals surface area contributed by atoms with Gasteiger partial charge in [0.05, 0.1) is 13.5 Å². The van der Waals surface area contributed by atoms with Crippen LogP contribution in [0.4, 0.5) is 4.39 Å². The zero-order valence-corrected chi connectivity index (χ0v) is 7.74. The molecule has 76 valence electrons.